The Balaban J connectivity index is 1.76. The lowest BCUT2D eigenvalue weighted by Gasteiger charge is -2.31. The monoisotopic (exact) mass is 300 g/mol. The van der Waals surface area contributed by atoms with Crippen LogP contribution in [-0.2, 0) is 17.8 Å². The van der Waals surface area contributed by atoms with E-state index in [0.717, 1.165) is 45.0 Å². The van der Waals surface area contributed by atoms with Crippen molar-refractivity contribution in [1.29, 1.82) is 0 Å². The van der Waals surface area contributed by atoms with Gasteiger partial charge >= 0.3 is 0 Å². The van der Waals surface area contributed by atoms with Gasteiger partial charge in [-0.05, 0) is 37.3 Å². The molecule has 0 amide bonds. The van der Waals surface area contributed by atoms with Gasteiger partial charge in [0, 0.05) is 51.1 Å². The van der Waals surface area contributed by atoms with Crippen LogP contribution in [-0.4, -0.2) is 27.7 Å². The molecule has 2 aromatic heterocycles. The molecule has 0 bridgehead atoms. The first-order valence-corrected chi connectivity index (χ1v) is 8.09. The van der Waals surface area contributed by atoms with E-state index in [9.17, 15) is 0 Å². The predicted octanol–water partition coefficient (Wildman–Crippen LogP) is 2.56. The molecule has 0 aromatic carbocycles. The summed E-state index contributed by atoms with van der Waals surface area (Å²) in [6.07, 6.45) is 9.86. The summed E-state index contributed by atoms with van der Waals surface area (Å²) >= 11 is 0. The molecular formula is C17H24N4O. The van der Waals surface area contributed by atoms with E-state index in [1.54, 1.807) is 0 Å². The highest BCUT2D eigenvalue weighted by Crippen LogP contribution is 2.29. The molecule has 5 nitrogen and oxygen atoms in total. The minimum atomic E-state index is 0.263. The van der Waals surface area contributed by atoms with Crippen LogP contribution in [0.3, 0.4) is 0 Å². The van der Waals surface area contributed by atoms with E-state index in [1.807, 2.05) is 24.7 Å². The Bertz CT molecular complexity index is 563. The summed E-state index contributed by atoms with van der Waals surface area (Å²) in [5, 5.41) is 3.70. The molecule has 1 aliphatic rings. The minimum absolute atomic E-state index is 0.263. The van der Waals surface area contributed by atoms with E-state index in [-0.39, 0.29) is 6.04 Å². The molecule has 0 radical (unpaired) electrons. The highest BCUT2D eigenvalue weighted by molar-refractivity contribution is 5.10. The molecule has 1 atom stereocenters. The molecule has 1 fully saturated rings. The first-order valence-electron chi connectivity index (χ1n) is 8.09. The summed E-state index contributed by atoms with van der Waals surface area (Å²) in [4.78, 5) is 8.81. The van der Waals surface area contributed by atoms with Gasteiger partial charge in [-0.25, -0.2) is 4.98 Å². The molecule has 0 aliphatic carbocycles. The number of hydrogen-bond donors (Lipinski definition) is 1. The van der Waals surface area contributed by atoms with Crippen molar-refractivity contribution in [2.45, 2.75) is 38.9 Å². The van der Waals surface area contributed by atoms with Gasteiger partial charge in [-0.3, -0.25) is 4.98 Å². The molecule has 0 saturated carbocycles. The molecule has 22 heavy (non-hydrogen) atoms. The first kappa shape index (κ1) is 15.2. The van der Waals surface area contributed by atoms with Gasteiger partial charge in [0.1, 0.15) is 5.82 Å². The van der Waals surface area contributed by atoms with Crippen molar-refractivity contribution in [3.05, 3.63) is 48.3 Å². The van der Waals surface area contributed by atoms with Crippen LogP contribution in [0.4, 0.5) is 0 Å². The van der Waals surface area contributed by atoms with Crippen molar-refractivity contribution in [1.82, 2.24) is 19.9 Å². The number of pyridine rings is 1. The molecule has 3 rings (SSSR count). The van der Waals surface area contributed by atoms with Gasteiger partial charge in [0.2, 0.25) is 0 Å². The quantitative estimate of drug-likeness (QED) is 0.891. The molecule has 1 aliphatic heterocycles. The van der Waals surface area contributed by atoms with Gasteiger partial charge in [0.15, 0.2) is 0 Å². The third-order valence-corrected chi connectivity index (χ3v) is 4.35. The molecule has 3 heterocycles. The lowest BCUT2D eigenvalue weighted by atomic mass is 9.91. The van der Waals surface area contributed by atoms with Gasteiger partial charge in [-0.1, -0.05) is 6.07 Å². The number of nitrogens with one attached hydrogen (secondary N) is 1. The van der Waals surface area contributed by atoms with E-state index in [4.69, 9.17) is 4.74 Å². The summed E-state index contributed by atoms with van der Waals surface area (Å²) in [7, 11) is 0. The van der Waals surface area contributed by atoms with E-state index in [1.165, 1.54) is 5.56 Å². The lowest BCUT2D eigenvalue weighted by molar-refractivity contribution is 0.0517. The number of nitrogens with zero attached hydrogens (tertiary/aromatic N) is 3. The largest absolute Gasteiger partial charge is 0.381 e. The van der Waals surface area contributed by atoms with E-state index in [2.05, 4.69) is 39.0 Å². The molecule has 0 unspecified atom stereocenters. The summed E-state index contributed by atoms with van der Waals surface area (Å²) < 4.78 is 7.75. The van der Waals surface area contributed by atoms with Crippen LogP contribution in [0.25, 0.3) is 0 Å². The Morgan fingerprint density at radius 2 is 2.23 bits per heavy atom. The van der Waals surface area contributed by atoms with Crippen molar-refractivity contribution in [3.63, 3.8) is 0 Å². The first-order chi connectivity index (χ1) is 10.9. The van der Waals surface area contributed by atoms with Gasteiger partial charge in [-0.2, -0.15) is 0 Å². The Labute approximate surface area is 131 Å². The van der Waals surface area contributed by atoms with Crippen molar-refractivity contribution in [2.75, 3.05) is 13.2 Å². The van der Waals surface area contributed by atoms with Crippen molar-refractivity contribution < 1.29 is 4.74 Å². The average Bonchev–Trinajstić information content (AvgIpc) is 3.05. The maximum absolute atomic E-state index is 5.52. The van der Waals surface area contributed by atoms with Gasteiger partial charge in [0.05, 0.1) is 6.04 Å². The zero-order valence-electron chi connectivity index (χ0n) is 13.1. The zero-order valence-corrected chi connectivity index (χ0v) is 13.1. The minimum Gasteiger partial charge on any atom is -0.381 e. The molecule has 2 aromatic rings. The van der Waals surface area contributed by atoms with Crippen LogP contribution in [0.15, 0.2) is 36.9 Å². The number of rotatable bonds is 6. The number of ether oxygens (including phenoxy) is 1. The van der Waals surface area contributed by atoms with Crippen LogP contribution in [0.5, 0.6) is 0 Å². The zero-order chi connectivity index (χ0) is 15.2. The number of aromatic nitrogens is 3. The smallest absolute Gasteiger partial charge is 0.126 e. The van der Waals surface area contributed by atoms with Crippen LogP contribution in [0, 0.1) is 5.92 Å². The fourth-order valence-corrected chi connectivity index (χ4v) is 3.12. The number of hydrogen-bond acceptors (Lipinski definition) is 4. The number of aryl methyl sites for hydroxylation is 1. The Morgan fingerprint density at radius 3 is 2.95 bits per heavy atom. The van der Waals surface area contributed by atoms with Crippen LogP contribution < -0.4 is 5.32 Å². The molecule has 0 spiro atoms. The summed E-state index contributed by atoms with van der Waals surface area (Å²) in [6, 6.07) is 4.35. The molecular weight excluding hydrogens is 276 g/mol. The Morgan fingerprint density at radius 1 is 1.36 bits per heavy atom. The fourth-order valence-electron chi connectivity index (χ4n) is 3.12. The summed E-state index contributed by atoms with van der Waals surface area (Å²) in [5.41, 5.74) is 1.20. The molecule has 1 saturated heterocycles. The van der Waals surface area contributed by atoms with Gasteiger partial charge in [-0.15, -0.1) is 0 Å². The van der Waals surface area contributed by atoms with E-state index < -0.39 is 0 Å². The van der Waals surface area contributed by atoms with E-state index in [0.29, 0.717) is 5.92 Å². The van der Waals surface area contributed by atoms with Crippen molar-refractivity contribution >= 4 is 0 Å². The Kier molecular flexibility index (Phi) is 5.19. The molecule has 5 heteroatoms. The van der Waals surface area contributed by atoms with Gasteiger partial charge < -0.3 is 14.6 Å². The second kappa shape index (κ2) is 7.51. The third-order valence-electron chi connectivity index (χ3n) is 4.35. The second-order valence-corrected chi connectivity index (χ2v) is 5.74. The Hall–Kier alpha value is -1.72. The van der Waals surface area contributed by atoms with E-state index >= 15 is 0 Å². The summed E-state index contributed by atoms with van der Waals surface area (Å²) in [6.45, 7) is 5.62. The van der Waals surface area contributed by atoms with Crippen LogP contribution >= 0.6 is 0 Å². The third kappa shape index (κ3) is 3.54. The standard InChI is InChI=1S/C17H24N4O/c1-2-21-9-8-19-17(21)16(15-5-10-22-11-6-15)20-13-14-4-3-7-18-12-14/h3-4,7-9,12,15-16,20H,2,5-6,10-11,13H2,1H3/t16-/m0/s1. The molecule has 118 valence electrons. The van der Waals surface area contributed by atoms with Gasteiger partial charge in [0.25, 0.3) is 0 Å². The van der Waals surface area contributed by atoms with Crippen LogP contribution in [0.1, 0.15) is 37.2 Å². The highest BCUT2D eigenvalue weighted by Gasteiger charge is 2.28. The predicted molar refractivity (Wildman–Crippen MR) is 85.3 cm³/mol. The number of imidazole rings is 1. The average molecular weight is 300 g/mol. The normalized spacial score (nSPS) is 17.5. The maximum Gasteiger partial charge on any atom is 0.126 e. The molecule has 1 N–H and O–H groups in total. The summed E-state index contributed by atoms with van der Waals surface area (Å²) in [5.74, 6) is 1.71. The van der Waals surface area contributed by atoms with Crippen molar-refractivity contribution in [3.8, 4) is 0 Å². The fraction of sp³-hybridized carbons (Fsp3) is 0.529. The van der Waals surface area contributed by atoms with Crippen molar-refractivity contribution in [2.24, 2.45) is 5.92 Å². The topological polar surface area (TPSA) is 52.0 Å². The second-order valence-electron chi connectivity index (χ2n) is 5.74. The van der Waals surface area contributed by atoms with Crippen LogP contribution in [0.2, 0.25) is 0 Å². The maximum atomic E-state index is 5.52. The lowest BCUT2D eigenvalue weighted by Crippen LogP contribution is -2.34. The highest BCUT2D eigenvalue weighted by atomic mass is 16.5. The SMILES string of the molecule is CCn1ccnc1[C@@H](NCc1cccnc1)C1CCOCC1.